The predicted octanol–water partition coefficient (Wildman–Crippen LogP) is 2.51. The van der Waals surface area contributed by atoms with Crippen LogP contribution in [0.15, 0.2) is 18.3 Å². The molecule has 0 fully saturated rings. The molecule has 0 bridgehead atoms. The minimum absolute atomic E-state index is 0.0497. The first-order chi connectivity index (χ1) is 10.1. The Morgan fingerprint density at radius 1 is 1.29 bits per heavy atom. The molecule has 1 rings (SSSR count). The van der Waals surface area contributed by atoms with E-state index < -0.39 is 0 Å². The molecule has 0 saturated carbocycles. The molecule has 1 aromatic rings. The number of hydrogen-bond acceptors (Lipinski definition) is 3. The maximum Gasteiger partial charge on any atom is 0.270 e. The number of carbonyl (C=O) groups excluding carboxylic acids is 1. The first-order valence-electron chi connectivity index (χ1n) is 7.49. The molecule has 0 spiro atoms. The number of amides is 1. The van der Waals surface area contributed by atoms with Crippen LogP contribution < -0.4 is 5.32 Å². The van der Waals surface area contributed by atoms with Crippen LogP contribution in [0.3, 0.4) is 0 Å². The summed E-state index contributed by atoms with van der Waals surface area (Å²) in [7, 11) is 0. The highest BCUT2D eigenvalue weighted by atomic mass is 16.2. The number of rotatable bonds is 6. The van der Waals surface area contributed by atoms with Crippen molar-refractivity contribution < 1.29 is 9.90 Å². The summed E-state index contributed by atoms with van der Waals surface area (Å²) < 4.78 is 0. The molecule has 2 N–H and O–H groups in total. The van der Waals surface area contributed by atoms with Gasteiger partial charge in [-0.15, -0.1) is 0 Å². The van der Waals surface area contributed by atoms with Crippen molar-refractivity contribution in [2.45, 2.75) is 52.0 Å². The molecule has 21 heavy (non-hydrogen) atoms. The number of aromatic nitrogens is 1. The van der Waals surface area contributed by atoms with Crippen LogP contribution in [0, 0.1) is 11.8 Å². The Hall–Kier alpha value is -1.86. The second-order valence-corrected chi connectivity index (χ2v) is 5.00. The van der Waals surface area contributed by atoms with E-state index in [1.807, 2.05) is 0 Å². The highest BCUT2D eigenvalue weighted by Crippen LogP contribution is 2.19. The summed E-state index contributed by atoms with van der Waals surface area (Å²) in [4.78, 5) is 16.4. The van der Waals surface area contributed by atoms with Crippen molar-refractivity contribution in [3.05, 3.63) is 29.6 Å². The van der Waals surface area contributed by atoms with Crippen LogP contribution in [0.4, 0.5) is 0 Å². The van der Waals surface area contributed by atoms with E-state index in [1.165, 1.54) is 0 Å². The molecule has 0 radical (unpaired) electrons. The Balaban J connectivity index is 2.78. The SMILES string of the molecule is CCC(CC)(CC)NC(=O)c1ccc(C#CCCO)cn1. The number of nitrogens with one attached hydrogen (secondary N) is 1. The summed E-state index contributed by atoms with van der Waals surface area (Å²) in [5.74, 6) is 5.57. The smallest absolute Gasteiger partial charge is 0.270 e. The number of aliphatic hydroxyl groups is 1. The highest BCUT2D eigenvalue weighted by Gasteiger charge is 2.26. The van der Waals surface area contributed by atoms with Crippen molar-refractivity contribution in [2.75, 3.05) is 6.61 Å². The summed E-state index contributed by atoms with van der Waals surface area (Å²) in [6, 6.07) is 3.46. The summed E-state index contributed by atoms with van der Waals surface area (Å²) >= 11 is 0. The summed E-state index contributed by atoms with van der Waals surface area (Å²) in [6.07, 6.45) is 4.72. The van der Waals surface area contributed by atoms with Gasteiger partial charge in [0.25, 0.3) is 5.91 Å². The highest BCUT2D eigenvalue weighted by molar-refractivity contribution is 5.92. The van der Waals surface area contributed by atoms with Crippen LogP contribution in [0.2, 0.25) is 0 Å². The maximum atomic E-state index is 12.3. The summed E-state index contributed by atoms with van der Waals surface area (Å²) in [5.41, 5.74) is 0.994. The van der Waals surface area contributed by atoms with Crippen LogP contribution in [0.1, 0.15) is 62.5 Å². The van der Waals surface area contributed by atoms with Gasteiger partial charge in [-0.3, -0.25) is 4.79 Å². The first kappa shape index (κ1) is 17.2. The van der Waals surface area contributed by atoms with Crippen LogP contribution in [0.5, 0.6) is 0 Å². The quantitative estimate of drug-likeness (QED) is 0.791. The van der Waals surface area contributed by atoms with Gasteiger partial charge < -0.3 is 10.4 Å². The van der Waals surface area contributed by atoms with Crippen LogP contribution >= 0.6 is 0 Å². The lowest BCUT2D eigenvalue weighted by Gasteiger charge is -2.31. The third-order valence-electron chi connectivity index (χ3n) is 3.87. The summed E-state index contributed by atoms with van der Waals surface area (Å²) in [6.45, 7) is 6.30. The summed E-state index contributed by atoms with van der Waals surface area (Å²) in [5, 5.41) is 11.8. The van der Waals surface area contributed by atoms with E-state index in [-0.39, 0.29) is 18.1 Å². The lowest BCUT2D eigenvalue weighted by atomic mass is 9.89. The first-order valence-corrected chi connectivity index (χ1v) is 7.49. The van der Waals surface area contributed by atoms with Gasteiger partial charge in [-0.25, -0.2) is 4.98 Å². The zero-order valence-electron chi connectivity index (χ0n) is 13.1. The van der Waals surface area contributed by atoms with Crippen molar-refractivity contribution >= 4 is 5.91 Å². The van der Waals surface area contributed by atoms with Gasteiger partial charge in [-0.1, -0.05) is 32.6 Å². The van der Waals surface area contributed by atoms with Gasteiger partial charge in [-0.2, -0.15) is 0 Å². The molecular weight excluding hydrogens is 264 g/mol. The van der Waals surface area contributed by atoms with E-state index in [0.29, 0.717) is 12.1 Å². The predicted molar refractivity (Wildman–Crippen MR) is 83.9 cm³/mol. The lowest BCUT2D eigenvalue weighted by molar-refractivity contribution is 0.0883. The minimum Gasteiger partial charge on any atom is -0.395 e. The number of hydrogen-bond donors (Lipinski definition) is 2. The van der Waals surface area contributed by atoms with Gasteiger partial charge in [-0.05, 0) is 31.4 Å². The monoisotopic (exact) mass is 288 g/mol. The Morgan fingerprint density at radius 3 is 2.43 bits per heavy atom. The number of nitrogens with zero attached hydrogens (tertiary/aromatic N) is 1. The molecule has 4 heteroatoms. The molecule has 0 saturated heterocycles. The van der Waals surface area contributed by atoms with E-state index in [0.717, 1.165) is 24.8 Å². The maximum absolute atomic E-state index is 12.3. The average Bonchev–Trinajstić information content (AvgIpc) is 2.53. The molecule has 0 unspecified atom stereocenters. The normalized spacial score (nSPS) is 10.7. The second-order valence-electron chi connectivity index (χ2n) is 5.00. The Kier molecular flexibility index (Phi) is 6.90. The van der Waals surface area contributed by atoms with E-state index in [9.17, 15) is 4.79 Å². The van der Waals surface area contributed by atoms with Gasteiger partial charge in [0.2, 0.25) is 0 Å². The molecule has 0 atom stereocenters. The fraction of sp³-hybridized carbons (Fsp3) is 0.529. The zero-order chi connectivity index (χ0) is 15.7. The fourth-order valence-corrected chi connectivity index (χ4v) is 2.14. The lowest BCUT2D eigenvalue weighted by Crippen LogP contribution is -2.47. The Bertz CT molecular complexity index is 500. The van der Waals surface area contributed by atoms with Crippen molar-refractivity contribution in [1.82, 2.24) is 10.3 Å². The zero-order valence-corrected chi connectivity index (χ0v) is 13.1. The topological polar surface area (TPSA) is 62.2 Å². The van der Waals surface area contributed by atoms with E-state index in [2.05, 4.69) is 42.9 Å². The van der Waals surface area contributed by atoms with E-state index in [4.69, 9.17) is 5.11 Å². The largest absolute Gasteiger partial charge is 0.395 e. The van der Waals surface area contributed by atoms with Crippen molar-refractivity contribution in [1.29, 1.82) is 0 Å². The molecule has 1 aromatic heterocycles. The second kappa shape index (κ2) is 8.43. The average molecular weight is 288 g/mol. The number of pyridine rings is 1. The Labute approximate surface area is 127 Å². The van der Waals surface area contributed by atoms with Gasteiger partial charge >= 0.3 is 0 Å². The molecule has 0 aliphatic carbocycles. The van der Waals surface area contributed by atoms with Crippen molar-refractivity contribution in [3.8, 4) is 11.8 Å². The van der Waals surface area contributed by atoms with Crippen molar-refractivity contribution in [2.24, 2.45) is 0 Å². The molecule has 0 aromatic carbocycles. The molecule has 0 aliphatic heterocycles. The van der Waals surface area contributed by atoms with Gasteiger partial charge in [0.1, 0.15) is 5.69 Å². The molecule has 0 aliphatic rings. The van der Waals surface area contributed by atoms with Crippen LogP contribution in [-0.2, 0) is 0 Å². The fourth-order valence-electron chi connectivity index (χ4n) is 2.14. The molecule has 1 heterocycles. The minimum atomic E-state index is -0.154. The molecule has 4 nitrogen and oxygen atoms in total. The van der Waals surface area contributed by atoms with Gasteiger partial charge in [0.05, 0.1) is 6.61 Å². The third-order valence-corrected chi connectivity index (χ3v) is 3.87. The molecular formula is C17H24N2O2. The third kappa shape index (κ3) is 4.87. The van der Waals surface area contributed by atoms with Gasteiger partial charge in [0.15, 0.2) is 0 Å². The number of aliphatic hydroxyl groups excluding tert-OH is 1. The van der Waals surface area contributed by atoms with Crippen LogP contribution in [0.25, 0.3) is 0 Å². The van der Waals surface area contributed by atoms with Gasteiger partial charge in [0, 0.05) is 23.7 Å². The molecule has 114 valence electrons. The van der Waals surface area contributed by atoms with E-state index in [1.54, 1.807) is 18.3 Å². The molecule has 1 amide bonds. The standard InChI is InChI=1S/C17H24N2O2/c1-4-17(5-2,6-3)19-16(21)15-11-10-14(13-18-15)9-7-8-12-20/h10-11,13,20H,4-6,8,12H2,1-3H3,(H,19,21). The van der Waals surface area contributed by atoms with Crippen LogP contribution in [-0.4, -0.2) is 28.1 Å². The van der Waals surface area contributed by atoms with Crippen molar-refractivity contribution in [3.63, 3.8) is 0 Å². The number of carbonyl (C=O) groups is 1. The van der Waals surface area contributed by atoms with E-state index >= 15 is 0 Å². The Morgan fingerprint density at radius 2 is 1.95 bits per heavy atom.